The second kappa shape index (κ2) is 7.71. The summed E-state index contributed by atoms with van der Waals surface area (Å²) < 4.78 is 19.2. The lowest BCUT2D eigenvalue weighted by atomic mass is 9.72. The van der Waals surface area contributed by atoms with Gasteiger partial charge >= 0.3 is 0 Å². The summed E-state index contributed by atoms with van der Waals surface area (Å²) in [6.45, 7) is 0.553. The summed E-state index contributed by atoms with van der Waals surface area (Å²) in [5, 5.41) is 0. The fraction of sp³-hybridized carbons (Fsp3) is 0.280. The number of likely N-dealkylation sites (N-methyl/N-ethyl adjacent to an activating group) is 2. The third-order valence-electron chi connectivity index (χ3n) is 7.42. The molecule has 3 atom stereocenters. The molecule has 3 aliphatic rings. The van der Waals surface area contributed by atoms with E-state index in [2.05, 4.69) is 4.98 Å². The van der Waals surface area contributed by atoms with Gasteiger partial charge in [-0.05, 0) is 55.1 Å². The fourth-order valence-electron chi connectivity index (χ4n) is 5.96. The van der Waals surface area contributed by atoms with Crippen LogP contribution in [-0.2, 0) is 21.7 Å². The molecule has 7 nitrogen and oxygen atoms in total. The number of benzene rings is 1. The van der Waals surface area contributed by atoms with E-state index in [0.717, 1.165) is 5.56 Å². The Morgan fingerprint density at radius 1 is 1.17 bits per heavy atom. The number of furan rings is 1. The number of hydrogen-bond acceptors (Lipinski definition) is 7. The largest absolute Gasteiger partial charge is 0.467 e. The van der Waals surface area contributed by atoms with E-state index in [4.69, 9.17) is 16.6 Å². The molecule has 3 aliphatic heterocycles. The minimum absolute atomic E-state index is 0.155. The van der Waals surface area contributed by atoms with Gasteiger partial charge in [-0.1, -0.05) is 24.0 Å². The zero-order valence-electron chi connectivity index (χ0n) is 19.0. The number of halogens is 1. The topological polar surface area (TPSA) is 69.9 Å². The maximum absolute atomic E-state index is 14.7. The minimum Gasteiger partial charge on any atom is -0.467 e. The number of amides is 2. The first-order chi connectivity index (χ1) is 16.8. The van der Waals surface area contributed by atoms with Gasteiger partial charge in [0.15, 0.2) is 5.54 Å². The molecule has 2 spiro atoms. The second-order valence-electron chi connectivity index (χ2n) is 9.02. The van der Waals surface area contributed by atoms with Crippen LogP contribution in [0, 0.1) is 5.82 Å². The highest BCUT2D eigenvalue weighted by atomic mass is 32.2. The van der Waals surface area contributed by atoms with Crippen molar-refractivity contribution in [1.82, 2.24) is 14.8 Å². The highest BCUT2D eigenvalue weighted by molar-refractivity contribution is 8.25. The Bertz CT molecular complexity index is 1370. The Kier molecular flexibility index (Phi) is 4.93. The van der Waals surface area contributed by atoms with E-state index in [1.165, 1.54) is 33.7 Å². The molecule has 0 saturated carbocycles. The lowest BCUT2D eigenvalue weighted by Crippen LogP contribution is -2.62. The number of thioether (sulfide) groups is 1. The summed E-state index contributed by atoms with van der Waals surface area (Å²) in [4.78, 5) is 37.9. The van der Waals surface area contributed by atoms with Gasteiger partial charge in [0.2, 0.25) is 5.91 Å². The van der Waals surface area contributed by atoms with Crippen molar-refractivity contribution >= 4 is 45.8 Å². The van der Waals surface area contributed by atoms with Crippen LogP contribution >= 0.6 is 24.0 Å². The first-order valence-electron chi connectivity index (χ1n) is 11.1. The van der Waals surface area contributed by atoms with Crippen LogP contribution in [0.15, 0.2) is 65.5 Å². The third-order valence-corrected chi connectivity index (χ3v) is 9.36. The molecule has 10 heteroatoms. The molecule has 2 fully saturated rings. The van der Waals surface area contributed by atoms with E-state index in [1.54, 1.807) is 43.9 Å². The van der Waals surface area contributed by atoms with Gasteiger partial charge in [-0.25, -0.2) is 4.39 Å². The fourth-order valence-corrected chi connectivity index (χ4v) is 8.09. The Labute approximate surface area is 210 Å². The van der Waals surface area contributed by atoms with Crippen molar-refractivity contribution in [2.75, 3.05) is 25.5 Å². The molecule has 5 heterocycles. The predicted molar refractivity (Wildman–Crippen MR) is 133 cm³/mol. The number of fused-ring (bicyclic) bond motifs is 3. The number of likely N-dealkylation sites (tertiary alicyclic amines) is 1. The second-order valence-corrected chi connectivity index (χ2v) is 10.9. The van der Waals surface area contributed by atoms with Gasteiger partial charge in [-0.15, -0.1) is 0 Å². The molecule has 2 aromatic heterocycles. The van der Waals surface area contributed by atoms with Crippen molar-refractivity contribution in [3.05, 3.63) is 83.8 Å². The van der Waals surface area contributed by atoms with Crippen molar-refractivity contribution in [3.63, 3.8) is 0 Å². The summed E-state index contributed by atoms with van der Waals surface area (Å²) in [6.07, 6.45) is 4.89. The van der Waals surface area contributed by atoms with Crippen molar-refractivity contribution < 1.29 is 18.4 Å². The van der Waals surface area contributed by atoms with Crippen molar-refractivity contribution in [2.45, 2.75) is 22.7 Å². The van der Waals surface area contributed by atoms with E-state index >= 15 is 0 Å². The Morgan fingerprint density at radius 3 is 2.66 bits per heavy atom. The minimum atomic E-state index is -1.45. The summed E-state index contributed by atoms with van der Waals surface area (Å²) in [7, 11) is 3.49. The molecule has 0 unspecified atom stereocenters. The van der Waals surface area contributed by atoms with E-state index < -0.39 is 22.0 Å². The number of nitrogens with zero attached hydrogens (tertiary/aromatic N) is 4. The normalized spacial score (nSPS) is 28.2. The molecular weight excluding hydrogens is 487 g/mol. The summed E-state index contributed by atoms with van der Waals surface area (Å²) in [6, 6.07) is 11.6. The quantitative estimate of drug-likeness (QED) is 0.502. The zero-order valence-corrected chi connectivity index (χ0v) is 20.6. The molecule has 2 saturated heterocycles. The average molecular weight is 509 g/mol. The van der Waals surface area contributed by atoms with E-state index in [9.17, 15) is 14.0 Å². The molecule has 0 N–H and O–H groups in total. The SMILES string of the molecule is CN1C(=O)[C@]2(c3cc(F)ccc31)N(C)C[C@H](c1ccncc1)[C@]21SC(=S)N(Cc2ccco2)C1=O. The van der Waals surface area contributed by atoms with E-state index in [0.29, 0.717) is 27.9 Å². The van der Waals surface area contributed by atoms with Gasteiger partial charge in [0.1, 0.15) is 20.6 Å². The number of carbonyl (C=O) groups is 2. The Balaban J connectivity index is 1.62. The number of rotatable bonds is 3. The van der Waals surface area contributed by atoms with Crippen molar-refractivity contribution in [3.8, 4) is 0 Å². The number of carbonyl (C=O) groups excluding carboxylic acids is 2. The van der Waals surface area contributed by atoms with Gasteiger partial charge < -0.3 is 9.32 Å². The highest BCUT2D eigenvalue weighted by Gasteiger charge is 2.78. The van der Waals surface area contributed by atoms with Gasteiger partial charge in [-0.3, -0.25) is 24.4 Å². The molecule has 35 heavy (non-hydrogen) atoms. The number of hydrogen-bond donors (Lipinski definition) is 0. The molecule has 0 bridgehead atoms. The van der Waals surface area contributed by atoms with Gasteiger partial charge in [0, 0.05) is 43.2 Å². The Morgan fingerprint density at radius 2 is 1.94 bits per heavy atom. The van der Waals surface area contributed by atoms with Crippen molar-refractivity contribution in [1.29, 1.82) is 0 Å². The standard InChI is InChI=1S/C25H21FN4O3S2/c1-28-14-19(15-7-9-27-10-8-15)25(22(32)30(23(34)35-25)13-17-4-3-11-33-17)24(28)18-12-16(26)5-6-20(18)29(2)21(24)31/h3-12,19H,13-14H2,1-2H3/t19-,24+,25-/m1/s1. The monoisotopic (exact) mass is 508 g/mol. The molecule has 178 valence electrons. The van der Waals surface area contributed by atoms with Crippen LogP contribution in [0.1, 0.15) is 22.8 Å². The van der Waals surface area contributed by atoms with Crippen LogP contribution in [0.25, 0.3) is 0 Å². The van der Waals surface area contributed by atoms with Gasteiger partial charge in [-0.2, -0.15) is 0 Å². The highest BCUT2D eigenvalue weighted by Crippen LogP contribution is 2.66. The van der Waals surface area contributed by atoms with Crippen LogP contribution in [0.3, 0.4) is 0 Å². The zero-order chi connectivity index (χ0) is 24.5. The summed E-state index contributed by atoms with van der Waals surface area (Å²) >= 11 is 6.98. The maximum Gasteiger partial charge on any atom is 0.254 e. The number of aromatic nitrogens is 1. The third kappa shape index (κ3) is 2.75. The average Bonchev–Trinajstić information content (AvgIpc) is 3.57. The number of thiocarbonyl (C=S) groups is 1. The lowest BCUT2D eigenvalue weighted by molar-refractivity contribution is -0.139. The first kappa shape index (κ1) is 22.4. The van der Waals surface area contributed by atoms with Crippen LogP contribution in [0.4, 0.5) is 10.1 Å². The van der Waals surface area contributed by atoms with Crippen LogP contribution in [-0.4, -0.2) is 56.3 Å². The smallest absolute Gasteiger partial charge is 0.254 e. The summed E-state index contributed by atoms with van der Waals surface area (Å²) in [5.74, 6) is -0.846. The molecule has 1 aromatic carbocycles. The molecular formula is C25H21FN4O3S2. The number of pyridine rings is 1. The van der Waals surface area contributed by atoms with Crippen molar-refractivity contribution in [2.24, 2.45) is 0 Å². The van der Waals surface area contributed by atoms with Gasteiger partial charge in [0.25, 0.3) is 5.91 Å². The first-order valence-corrected chi connectivity index (χ1v) is 12.3. The number of anilines is 1. The molecule has 2 amide bonds. The van der Waals surface area contributed by atoms with Crippen LogP contribution in [0.2, 0.25) is 0 Å². The molecule has 6 rings (SSSR count). The van der Waals surface area contributed by atoms with E-state index in [1.807, 2.05) is 24.1 Å². The van der Waals surface area contributed by atoms with E-state index in [-0.39, 0.29) is 18.4 Å². The van der Waals surface area contributed by atoms with Gasteiger partial charge in [0.05, 0.1) is 12.8 Å². The lowest BCUT2D eigenvalue weighted by Gasteiger charge is -2.42. The molecule has 3 aromatic rings. The Hall–Kier alpha value is -3.08. The molecule has 0 aliphatic carbocycles. The molecule has 0 radical (unpaired) electrons. The van der Waals surface area contributed by atoms with Crippen LogP contribution in [0.5, 0.6) is 0 Å². The van der Waals surface area contributed by atoms with Crippen LogP contribution < -0.4 is 4.90 Å². The summed E-state index contributed by atoms with van der Waals surface area (Å²) in [5.41, 5.74) is 0.485. The predicted octanol–water partition coefficient (Wildman–Crippen LogP) is 3.51. The maximum atomic E-state index is 14.7.